The van der Waals surface area contributed by atoms with Crippen molar-refractivity contribution in [3.8, 4) is 0 Å². The average molecular weight is 257 g/mol. The van der Waals surface area contributed by atoms with Crippen LogP contribution in [0.25, 0.3) is 0 Å². The van der Waals surface area contributed by atoms with Crippen molar-refractivity contribution in [2.24, 2.45) is 0 Å². The van der Waals surface area contributed by atoms with E-state index in [0.29, 0.717) is 25.1 Å². The van der Waals surface area contributed by atoms with Gasteiger partial charge in [-0.05, 0) is 20.3 Å². The van der Waals surface area contributed by atoms with Crippen LogP contribution in [0.5, 0.6) is 0 Å². The Morgan fingerprint density at radius 2 is 2.22 bits per heavy atom. The van der Waals surface area contributed by atoms with Gasteiger partial charge in [-0.25, -0.2) is 4.79 Å². The summed E-state index contributed by atoms with van der Waals surface area (Å²) >= 11 is 0. The Balaban J connectivity index is 2.63. The van der Waals surface area contributed by atoms with Crippen LogP contribution in [0.1, 0.15) is 27.2 Å². The second-order valence-electron chi connectivity index (χ2n) is 5.26. The van der Waals surface area contributed by atoms with E-state index < -0.39 is 5.97 Å². The predicted molar refractivity (Wildman–Crippen MR) is 68.5 cm³/mol. The first-order valence-corrected chi connectivity index (χ1v) is 6.31. The van der Waals surface area contributed by atoms with Gasteiger partial charge in [0.25, 0.3) is 0 Å². The number of aliphatic hydroxyl groups is 1. The summed E-state index contributed by atoms with van der Waals surface area (Å²) in [5, 5.41) is 18.1. The summed E-state index contributed by atoms with van der Waals surface area (Å²) in [7, 11) is 0. The third-order valence-electron chi connectivity index (χ3n) is 3.01. The van der Waals surface area contributed by atoms with Gasteiger partial charge < -0.3 is 14.9 Å². The molecule has 1 aliphatic heterocycles. The Hall–Kier alpha value is -0.910. The Bertz CT molecular complexity index is 325. The number of aliphatic carboxylic acids is 1. The molecule has 0 aromatic carbocycles. The molecular weight excluding hydrogens is 234 g/mol. The molecule has 0 aliphatic carbocycles. The molecule has 0 aromatic heterocycles. The maximum atomic E-state index is 10.9. The van der Waals surface area contributed by atoms with E-state index in [1.54, 1.807) is 6.08 Å². The van der Waals surface area contributed by atoms with Gasteiger partial charge >= 0.3 is 5.97 Å². The summed E-state index contributed by atoms with van der Waals surface area (Å²) in [6.45, 7) is 7.72. The number of rotatable bonds is 5. The molecule has 5 nitrogen and oxygen atoms in total. The second-order valence-corrected chi connectivity index (χ2v) is 5.26. The number of hydrogen-bond acceptors (Lipinski definition) is 4. The first-order valence-electron chi connectivity index (χ1n) is 6.31. The van der Waals surface area contributed by atoms with Gasteiger partial charge in [0.05, 0.1) is 18.3 Å². The van der Waals surface area contributed by atoms with E-state index in [1.165, 1.54) is 0 Å². The molecule has 2 N–H and O–H groups in total. The SMILES string of the molecule is CCC(=CCN1CC(CO)OC(C)(C)C1)C(=O)O. The first kappa shape index (κ1) is 15.1. The third kappa shape index (κ3) is 4.40. The number of aliphatic hydroxyl groups excluding tert-OH is 1. The van der Waals surface area contributed by atoms with Crippen molar-refractivity contribution >= 4 is 5.97 Å². The summed E-state index contributed by atoms with van der Waals surface area (Å²) < 4.78 is 5.71. The van der Waals surface area contributed by atoms with Crippen molar-refractivity contribution in [1.82, 2.24) is 4.90 Å². The molecule has 0 aromatic rings. The molecule has 5 heteroatoms. The van der Waals surface area contributed by atoms with Crippen molar-refractivity contribution in [2.75, 3.05) is 26.2 Å². The van der Waals surface area contributed by atoms with E-state index in [-0.39, 0.29) is 18.3 Å². The molecule has 1 fully saturated rings. The Kier molecular flexibility index (Phi) is 5.31. The predicted octanol–water partition coefficient (Wildman–Crippen LogP) is 0.879. The molecule has 0 saturated carbocycles. The monoisotopic (exact) mass is 257 g/mol. The fraction of sp³-hybridized carbons (Fsp3) is 0.769. The third-order valence-corrected chi connectivity index (χ3v) is 3.01. The lowest BCUT2D eigenvalue weighted by atomic mass is 10.0. The van der Waals surface area contributed by atoms with Crippen LogP contribution in [0.3, 0.4) is 0 Å². The fourth-order valence-electron chi connectivity index (χ4n) is 2.27. The van der Waals surface area contributed by atoms with Crippen molar-refractivity contribution in [3.05, 3.63) is 11.6 Å². The molecule has 1 atom stereocenters. The molecule has 0 bridgehead atoms. The molecule has 1 saturated heterocycles. The van der Waals surface area contributed by atoms with Crippen LogP contribution >= 0.6 is 0 Å². The lowest BCUT2D eigenvalue weighted by molar-refractivity contribution is -0.146. The number of ether oxygens (including phenoxy) is 1. The zero-order valence-electron chi connectivity index (χ0n) is 11.3. The minimum atomic E-state index is -0.858. The highest BCUT2D eigenvalue weighted by molar-refractivity contribution is 5.86. The van der Waals surface area contributed by atoms with Crippen molar-refractivity contribution < 1.29 is 19.7 Å². The molecule has 1 unspecified atom stereocenters. The molecule has 0 radical (unpaired) electrons. The van der Waals surface area contributed by atoms with Gasteiger partial charge in [-0.1, -0.05) is 13.0 Å². The van der Waals surface area contributed by atoms with Crippen molar-refractivity contribution in [2.45, 2.75) is 38.9 Å². The smallest absolute Gasteiger partial charge is 0.331 e. The zero-order valence-corrected chi connectivity index (χ0v) is 11.3. The first-order chi connectivity index (χ1) is 8.38. The Morgan fingerprint density at radius 3 is 2.72 bits per heavy atom. The molecule has 1 rings (SSSR count). The van der Waals surface area contributed by atoms with Crippen LogP contribution in [0, 0.1) is 0 Å². The normalized spacial score (nSPS) is 25.1. The number of carboxylic acids is 1. The van der Waals surface area contributed by atoms with Gasteiger partial charge in [0, 0.05) is 25.2 Å². The Morgan fingerprint density at radius 1 is 1.56 bits per heavy atom. The van der Waals surface area contributed by atoms with Crippen molar-refractivity contribution in [1.29, 1.82) is 0 Å². The largest absolute Gasteiger partial charge is 0.478 e. The van der Waals surface area contributed by atoms with Crippen LogP contribution in [-0.2, 0) is 9.53 Å². The van der Waals surface area contributed by atoms with Gasteiger partial charge in [-0.2, -0.15) is 0 Å². The highest BCUT2D eigenvalue weighted by Gasteiger charge is 2.32. The fourth-order valence-corrected chi connectivity index (χ4v) is 2.27. The van der Waals surface area contributed by atoms with E-state index in [9.17, 15) is 9.90 Å². The lowest BCUT2D eigenvalue weighted by Gasteiger charge is -2.42. The highest BCUT2D eigenvalue weighted by Crippen LogP contribution is 2.20. The van der Waals surface area contributed by atoms with Gasteiger partial charge in [0.15, 0.2) is 0 Å². The minimum absolute atomic E-state index is 0.0107. The number of hydrogen-bond donors (Lipinski definition) is 2. The number of nitrogens with zero attached hydrogens (tertiary/aromatic N) is 1. The summed E-state index contributed by atoms with van der Waals surface area (Å²) in [4.78, 5) is 13.0. The maximum absolute atomic E-state index is 10.9. The summed E-state index contributed by atoms with van der Waals surface area (Å²) in [6, 6.07) is 0. The summed E-state index contributed by atoms with van der Waals surface area (Å²) in [5.41, 5.74) is 0.120. The van der Waals surface area contributed by atoms with Crippen LogP contribution in [0.4, 0.5) is 0 Å². The molecule has 1 heterocycles. The highest BCUT2D eigenvalue weighted by atomic mass is 16.5. The zero-order chi connectivity index (χ0) is 13.8. The molecule has 0 amide bonds. The van der Waals surface area contributed by atoms with Crippen molar-refractivity contribution in [3.63, 3.8) is 0 Å². The van der Waals surface area contributed by atoms with Crippen LogP contribution < -0.4 is 0 Å². The summed E-state index contributed by atoms with van der Waals surface area (Å²) in [5.74, 6) is -0.858. The quantitative estimate of drug-likeness (QED) is 0.715. The van der Waals surface area contributed by atoms with Gasteiger partial charge in [0.2, 0.25) is 0 Å². The second kappa shape index (κ2) is 6.31. The van der Waals surface area contributed by atoms with E-state index in [1.807, 2.05) is 20.8 Å². The number of morpholine rings is 1. The van der Waals surface area contributed by atoms with Crippen LogP contribution in [0.15, 0.2) is 11.6 Å². The molecule has 0 spiro atoms. The van der Waals surface area contributed by atoms with Crippen LogP contribution in [-0.4, -0.2) is 59.0 Å². The van der Waals surface area contributed by atoms with Crippen LogP contribution in [0.2, 0.25) is 0 Å². The molecule has 1 aliphatic rings. The minimum Gasteiger partial charge on any atom is -0.478 e. The van der Waals surface area contributed by atoms with E-state index >= 15 is 0 Å². The number of carbonyl (C=O) groups is 1. The Labute approximate surface area is 108 Å². The maximum Gasteiger partial charge on any atom is 0.331 e. The molecular formula is C13H23NO4. The van der Waals surface area contributed by atoms with E-state index in [4.69, 9.17) is 9.84 Å². The van der Waals surface area contributed by atoms with Gasteiger partial charge in [-0.15, -0.1) is 0 Å². The number of carboxylic acid groups (broad SMARTS) is 1. The average Bonchev–Trinajstić information content (AvgIpc) is 2.27. The summed E-state index contributed by atoms with van der Waals surface area (Å²) in [6.07, 6.45) is 2.07. The van der Waals surface area contributed by atoms with E-state index in [0.717, 1.165) is 6.54 Å². The van der Waals surface area contributed by atoms with E-state index in [2.05, 4.69) is 4.90 Å². The standard InChI is InChI=1S/C13H23NO4/c1-4-10(12(16)17)5-6-14-7-11(8-15)18-13(2,3)9-14/h5,11,15H,4,6-9H2,1-3H3,(H,16,17). The lowest BCUT2D eigenvalue weighted by Crippen LogP contribution is -2.53. The molecule has 104 valence electrons. The molecule has 18 heavy (non-hydrogen) atoms. The topological polar surface area (TPSA) is 70.0 Å². The van der Waals surface area contributed by atoms with Gasteiger partial charge in [-0.3, -0.25) is 4.90 Å². The van der Waals surface area contributed by atoms with Gasteiger partial charge in [0.1, 0.15) is 0 Å².